The third-order valence-electron chi connectivity index (χ3n) is 1.96. The Kier molecular flexibility index (Phi) is 2.53. The summed E-state index contributed by atoms with van der Waals surface area (Å²) in [5.41, 5.74) is 2.98. The van der Waals surface area contributed by atoms with Crippen LogP contribution in [0.2, 0.25) is 0 Å². The first-order chi connectivity index (χ1) is 7.25. The van der Waals surface area contributed by atoms with Crippen LogP contribution in [0.5, 0.6) is 0 Å². The van der Waals surface area contributed by atoms with E-state index in [2.05, 4.69) is 15.7 Å². The topological polar surface area (TPSA) is 40.2 Å². The standard InChI is InChI=1S/C10H11FN4/c1-15-10(3-2-6-13-15)14-9-5-4-8(11)7-12-9/h2-7,13H,1H3,(H,12,14). The maximum atomic E-state index is 12.6. The number of hydrogen-bond donors (Lipinski definition) is 2. The summed E-state index contributed by atoms with van der Waals surface area (Å²) in [7, 11) is 1.87. The number of allylic oxidation sites excluding steroid dienone is 2. The second kappa shape index (κ2) is 4.00. The molecule has 2 rings (SSSR count). The number of halogens is 1. The molecule has 0 amide bonds. The summed E-state index contributed by atoms with van der Waals surface area (Å²) >= 11 is 0. The Morgan fingerprint density at radius 3 is 3.00 bits per heavy atom. The van der Waals surface area contributed by atoms with E-state index in [0.29, 0.717) is 5.82 Å². The molecular weight excluding hydrogens is 195 g/mol. The molecule has 1 aromatic heterocycles. The molecule has 0 unspecified atom stereocenters. The zero-order valence-corrected chi connectivity index (χ0v) is 8.24. The third-order valence-corrected chi connectivity index (χ3v) is 1.96. The van der Waals surface area contributed by atoms with Gasteiger partial charge in [-0.05, 0) is 24.3 Å². The molecule has 0 spiro atoms. The Hall–Kier alpha value is -2.04. The van der Waals surface area contributed by atoms with Crippen LogP contribution in [-0.2, 0) is 0 Å². The van der Waals surface area contributed by atoms with Gasteiger partial charge in [0.1, 0.15) is 17.5 Å². The van der Waals surface area contributed by atoms with Crippen LogP contribution in [0.4, 0.5) is 10.2 Å². The van der Waals surface area contributed by atoms with Crippen molar-refractivity contribution in [3.63, 3.8) is 0 Å². The number of rotatable bonds is 2. The van der Waals surface area contributed by atoms with Gasteiger partial charge >= 0.3 is 0 Å². The van der Waals surface area contributed by atoms with Gasteiger partial charge in [-0.2, -0.15) is 0 Å². The summed E-state index contributed by atoms with van der Waals surface area (Å²) in [4.78, 5) is 3.90. The lowest BCUT2D eigenvalue weighted by Gasteiger charge is -2.25. The fraction of sp³-hybridized carbons (Fsp3) is 0.100. The minimum atomic E-state index is -0.343. The van der Waals surface area contributed by atoms with Crippen molar-refractivity contribution in [2.45, 2.75) is 0 Å². The van der Waals surface area contributed by atoms with Crippen molar-refractivity contribution in [1.82, 2.24) is 15.4 Å². The average molecular weight is 206 g/mol. The van der Waals surface area contributed by atoms with Gasteiger partial charge in [0, 0.05) is 13.2 Å². The highest BCUT2D eigenvalue weighted by atomic mass is 19.1. The Bertz CT molecular complexity index is 396. The highest BCUT2D eigenvalue weighted by Crippen LogP contribution is 2.10. The summed E-state index contributed by atoms with van der Waals surface area (Å²) in [5.74, 6) is 1.10. The molecule has 2 N–H and O–H groups in total. The number of nitrogens with zero attached hydrogens (tertiary/aromatic N) is 2. The number of hydrazine groups is 1. The van der Waals surface area contributed by atoms with Crippen molar-refractivity contribution in [3.05, 3.63) is 48.3 Å². The lowest BCUT2D eigenvalue weighted by atomic mass is 10.4. The zero-order valence-electron chi connectivity index (χ0n) is 8.24. The summed E-state index contributed by atoms with van der Waals surface area (Å²) in [5, 5.41) is 4.85. The minimum Gasteiger partial charge on any atom is -0.325 e. The SMILES string of the molecule is CN1NC=CC=C1Nc1ccc(F)cn1. The van der Waals surface area contributed by atoms with E-state index in [1.54, 1.807) is 11.1 Å². The van der Waals surface area contributed by atoms with Crippen molar-refractivity contribution in [1.29, 1.82) is 0 Å². The van der Waals surface area contributed by atoms with Gasteiger partial charge in [0.05, 0.1) is 6.20 Å². The minimum absolute atomic E-state index is 0.343. The van der Waals surface area contributed by atoms with E-state index in [9.17, 15) is 4.39 Å². The van der Waals surface area contributed by atoms with Gasteiger partial charge in [-0.1, -0.05) is 0 Å². The third kappa shape index (κ3) is 2.25. The van der Waals surface area contributed by atoms with Gasteiger partial charge in [-0.25, -0.2) is 9.37 Å². The van der Waals surface area contributed by atoms with Crippen LogP contribution in [-0.4, -0.2) is 17.0 Å². The molecule has 0 radical (unpaired) electrons. The monoisotopic (exact) mass is 206 g/mol. The fourth-order valence-electron chi connectivity index (χ4n) is 1.18. The molecule has 0 fully saturated rings. The van der Waals surface area contributed by atoms with Gasteiger partial charge in [0.25, 0.3) is 0 Å². The predicted molar refractivity (Wildman–Crippen MR) is 55.9 cm³/mol. The van der Waals surface area contributed by atoms with Gasteiger partial charge in [0.15, 0.2) is 0 Å². The van der Waals surface area contributed by atoms with Crippen LogP contribution in [0.25, 0.3) is 0 Å². The van der Waals surface area contributed by atoms with Crippen LogP contribution in [0.15, 0.2) is 42.5 Å². The molecule has 0 saturated carbocycles. The molecule has 0 aromatic carbocycles. The molecule has 5 heteroatoms. The molecule has 0 atom stereocenters. The maximum absolute atomic E-state index is 12.6. The normalized spacial score (nSPS) is 14.5. The van der Waals surface area contributed by atoms with E-state index in [1.807, 2.05) is 25.4 Å². The van der Waals surface area contributed by atoms with Crippen molar-refractivity contribution in [3.8, 4) is 0 Å². The molecule has 78 valence electrons. The van der Waals surface area contributed by atoms with E-state index >= 15 is 0 Å². The fourth-order valence-corrected chi connectivity index (χ4v) is 1.18. The average Bonchev–Trinajstić information content (AvgIpc) is 2.25. The highest BCUT2D eigenvalue weighted by Gasteiger charge is 2.05. The van der Waals surface area contributed by atoms with Gasteiger partial charge < -0.3 is 10.7 Å². The largest absolute Gasteiger partial charge is 0.325 e. The van der Waals surface area contributed by atoms with Crippen LogP contribution >= 0.6 is 0 Å². The summed E-state index contributed by atoms with van der Waals surface area (Å²) in [6, 6.07) is 2.95. The van der Waals surface area contributed by atoms with Crippen molar-refractivity contribution in [2.75, 3.05) is 12.4 Å². The van der Waals surface area contributed by atoms with E-state index < -0.39 is 0 Å². The number of hydrogen-bond acceptors (Lipinski definition) is 4. The van der Waals surface area contributed by atoms with Crippen LogP contribution in [0, 0.1) is 5.82 Å². The first-order valence-corrected chi connectivity index (χ1v) is 4.51. The van der Waals surface area contributed by atoms with Crippen LogP contribution in [0.3, 0.4) is 0 Å². The Labute approximate surface area is 87.1 Å². The summed E-state index contributed by atoms with van der Waals surface area (Å²) in [6.07, 6.45) is 6.74. The molecule has 0 aliphatic carbocycles. The number of nitrogens with one attached hydrogen (secondary N) is 2. The van der Waals surface area contributed by atoms with Crippen LogP contribution in [0.1, 0.15) is 0 Å². The van der Waals surface area contributed by atoms with Crippen molar-refractivity contribution >= 4 is 5.82 Å². The Morgan fingerprint density at radius 1 is 1.47 bits per heavy atom. The van der Waals surface area contributed by atoms with E-state index in [-0.39, 0.29) is 5.82 Å². The quantitative estimate of drug-likeness (QED) is 0.768. The van der Waals surface area contributed by atoms with E-state index in [4.69, 9.17) is 0 Å². The molecule has 4 nitrogen and oxygen atoms in total. The van der Waals surface area contributed by atoms with Gasteiger partial charge in [0.2, 0.25) is 0 Å². The molecule has 15 heavy (non-hydrogen) atoms. The summed E-state index contributed by atoms with van der Waals surface area (Å²) < 4.78 is 12.6. The molecular formula is C10H11FN4. The van der Waals surface area contributed by atoms with Crippen molar-refractivity contribution in [2.24, 2.45) is 0 Å². The second-order valence-electron chi connectivity index (χ2n) is 3.09. The highest BCUT2D eigenvalue weighted by molar-refractivity contribution is 5.41. The molecule has 1 aliphatic heterocycles. The number of anilines is 1. The number of aromatic nitrogens is 1. The second-order valence-corrected chi connectivity index (χ2v) is 3.09. The first-order valence-electron chi connectivity index (χ1n) is 4.51. The van der Waals surface area contributed by atoms with Gasteiger partial charge in [-0.15, -0.1) is 0 Å². The zero-order chi connectivity index (χ0) is 10.7. The van der Waals surface area contributed by atoms with E-state index in [0.717, 1.165) is 5.82 Å². The molecule has 2 heterocycles. The Balaban J connectivity index is 2.11. The maximum Gasteiger partial charge on any atom is 0.141 e. The lowest BCUT2D eigenvalue weighted by Crippen LogP contribution is -2.34. The summed E-state index contributed by atoms with van der Waals surface area (Å²) in [6.45, 7) is 0. The molecule has 0 bridgehead atoms. The lowest BCUT2D eigenvalue weighted by molar-refractivity contribution is 0.351. The molecule has 0 saturated heterocycles. The van der Waals surface area contributed by atoms with Gasteiger partial charge in [-0.3, -0.25) is 5.01 Å². The number of pyridine rings is 1. The van der Waals surface area contributed by atoms with E-state index in [1.165, 1.54) is 12.3 Å². The Morgan fingerprint density at radius 2 is 2.33 bits per heavy atom. The predicted octanol–water partition coefficient (Wildman–Crippen LogP) is 1.44. The van der Waals surface area contributed by atoms with Crippen molar-refractivity contribution < 1.29 is 4.39 Å². The van der Waals surface area contributed by atoms with Crippen LogP contribution < -0.4 is 10.7 Å². The molecule has 1 aromatic rings. The smallest absolute Gasteiger partial charge is 0.141 e. The first kappa shape index (κ1) is 9.51. The molecule has 1 aliphatic rings.